The molecule has 0 spiro atoms. The molecule has 0 saturated carbocycles. The van der Waals surface area contributed by atoms with Crippen LogP contribution in [0.3, 0.4) is 0 Å². The number of hydrogen-bond acceptors (Lipinski definition) is 3. The van der Waals surface area contributed by atoms with Gasteiger partial charge in [-0.15, -0.1) is 0 Å². The van der Waals surface area contributed by atoms with Crippen LogP contribution in [0.1, 0.15) is 27.2 Å². The summed E-state index contributed by atoms with van der Waals surface area (Å²) in [6.07, 6.45) is -0.464. The van der Waals surface area contributed by atoms with E-state index in [0.717, 1.165) is 4.47 Å². The molecule has 0 heterocycles. The van der Waals surface area contributed by atoms with Gasteiger partial charge >= 0.3 is 0 Å². The fourth-order valence-corrected chi connectivity index (χ4v) is 2.15. The quantitative estimate of drug-likeness (QED) is 0.800. The Morgan fingerprint density at radius 3 is 2.60 bits per heavy atom. The minimum atomic E-state index is -0.611. The fraction of sp³-hybridized carbons (Fsp3) is 0.533. The molecule has 1 aromatic rings. The normalized spacial score (nSPS) is 13.9. The average Bonchev–Trinajstić information content (AvgIpc) is 2.37. The van der Waals surface area contributed by atoms with Gasteiger partial charge < -0.3 is 15.2 Å². The number of amides is 1. The van der Waals surface area contributed by atoms with Crippen molar-refractivity contribution in [1.29, 1.82) is 0 Å². The summed E-state index contributed by atoms with van der Waals surface area (Å²) in [4.78, 5) is 11.9. The number of hydrogen-bond donors (Lipinski definition) is 2. The summed E-state index contributed by atoms with van der Waals surface area (Å²) in [6.45, 7) is 6.00. The van der Waals surface area contributed by atoms with E-state index in [1.165, 1.54) is 0 Å². The molecule has 1 amide bonds. The van der Waals surface area contributed by atoms with Crippen molar-refractivity contribution < 1.29 is 14.6 Å². The maximum absolute atomic E-state index is 11.9. The van der Waals surface area contributed by atoms with Gasteiger partial charge in [0.15, 0.2) is 6.10 Å². The molecule has 2 unspecified atom stereocenters. The van der Waals surface area contributed by atoms with E-state index in [1.807, 2.05) is 32.0 Å². The minimum absolute atomic E-state index is 0.233. The van der Waals surface area contributed by atoms with Crippen LogP contribution in [0.2, 0.25) is 0 Å². The number of para-hydroxylation sites is 1. The lowest BCUT2D eigenvalue weighted by Crippen LogP contribution is -2.40. The van der Waals surface area contributed by atoms with Crippen molar-refractivity contribution >= 4 is 21.8 Å². The molecule has 112 valence electrons. The number of halogens is 1. The molecule has 0 aliphatic heterocycles. The number of aliphatic hydroxyl groups is 1. The topological polar surface area (TPSA) is 58.6 Å². The van der Waals surface area contributed by atoms with E-state index in [-0.39, 0.29) is 12.5 Å². The molecular weight excluding hydrogens is 322 g/mol. The first kappa shape index (κ1) is 17.0. The number of nitrogens with one attached hydrogen (secondary N) is 1. The van der Waals surface area contributed by atoms with E-state index in [0.29, 0.717) is 18.1 Å². The highest BCUT2D eigenvalue weighted by Crippen LogP contribution is 2.24. The molecule has 0 radical (unpaired) electrons. The van der Waals surface area contributed by atoms with E-state index in [1.54, 1.807) is 13.0 Å². The highest BCUT2D eigenvalue weighted by atomic mass is 79.9. The third-order valence-electron chi connectivity index (χ3n) is 2.77. The predicted molar refractivity (Wildman–Crippen MR) is 82.7 cm³/mol. The second kappa shape index (κ2) is 8.27. The number of rotatable bonds is 7. The summed E-state index contributed by atoms with van der Waals surface area (Å²) in [5.74, 6) is 0.789. The van der Waals surface area contributed by atoms with Gasteiger partial charge in [-0.2, -0.15) is 0 Å². The van der Waals surface area contributed by atoms with Crippen molar-refractivity contribution in [3.8, 4) is 5.75 Å². The van der Waals surface area contributed by atoms with E-state index in [4.69, 9.17) is 4.74 Å². The Balaban J connectivity index is 2.42. The van der Waals surface area contributed by atoms with Crippen molar-refractivity contribution in [3.63, 3.8) is 0 Å². The highest BCUT2D eigenvalue weighted by molar-refractivity contribution is 9.10. The summed E-state index contributed by atoms with van der Waals surface area (Å²) in [5, 5.41) is 12.4. The van der Waals surface area contributed by atoms with Crippen molar-refractivity contribution in [2.75, 3.05) is 6.54 Å². The number of aliphatic hydroxyl groups excluding tert-OH is 1. The Labute approximate surface area is 128 Å². The first-order valence-electron chi connectivity index (χ1n) is 6.77. The van der Waals surface area contributed by atoms with Crippen LogP contribution in [0.4, 0.5) is 0 Å². The van der Waals surface area contributed by atoms with Crippen LogP contribution in [-0.4, -0.2) is 29.8 Å². The first-order valence-corrected chi connectivity index (χ1v) is 7.56. The summed E-state index contributed by atoms with van der Waals surface area (Å²) in [7, 11) is 0. The number of carbonyl (C=O) groups excluding carboxylic acids is 1. The molecule has 0 aliphatic rings. The maximum atomic E-state index is 11.9. The van der Waals surface area contributed by atoms with Crippen LogP contribution in [-0.2, 0) is 4.79 Å². The van der Waals surface area contributed by atoms with Gasteiger partial charge in [0.1, 0.15) is 5.75 Å². The average molecular weight is 344 g/mol. The summed E-state index contributed by atoms with van der Waals surface area (Å²) < 4.78 is 6.38. The monoisotopic (exact) mass is 343 g/mol. The molecule has 20 heavy (non-hydrogen) atoms. The zero-order valence-electron chi connectivity index (χ0n) is 12.1. The molecule has 1 rings (SSSR count). The van der Waals surface area contributed by atoms with Crippen molar-refractivity contribution in [2.45, 2.75) is 39.4 Å². The third-order valence-corrected chi connectivity index (χ3v) is 3.42. The Morgan fingerprint density at radius 1 is 1.35 bits per heavy atom. The highest BCUT2D eigenvalue weighted by Gasteiger charge is 2.17. The van der Waals surface area contributed by atoms with Crippen LogP contribution in [0.5, 0.6) is 5.75 Å². The van der Waals surface area contributed by atoms with Gasteiger partial charge in [-0.3, -0.25) is 4.79 Å². The summed E-state index contributed by atoms with van der Waals surface area (Å²) >= 11 is 3.37. The largest absolute Gasteiger partial charge is 0.480 e. The van der Waals surface area contributed by atoms with Crippen molar-refractivity contribution in [1.82, 2.24) is 5.32 Å². The van der Waals surface area contributed by atoms with Crippen LogP contribution >= 0.6 is 15.9 Å². The second-order valence-electron chi connectivity index (χ2n) is 5.22. The van der Waals surface area contributed by atoms with Crippen LogP contribution in [0.25, 0.3) is 0 Å². The SMILES string of the molecule is CC(C)CC(O)CNC(=O)C(C)Oc1ccccc1Br. The van der Waals surface area contributed by atoms with E-state index in [9.17, 15) is 9.90 Å². The zero-order chi connectivity index (χ0) is 15.1. The smallest absolute Gasteiger partial charge is 0.260 e. The Kier molecular flexibility index (Phi) is 7.02. The van der Waals surface area contributed by atoms with Gasteiger partial charge in [0.25, 0.3) is 5.91 Å². The molecular formula is C15H22BrNO3. The third kappa shape index (κ3) is 5.92. The summed E-state index contributed by atoms with van der Waals surface area (Å²) in [5.41, 5.74) is 0. The molecule has 0 aliphatic carbocycles. The Hall–Kier alpha value is -1.07. The molecule has 2 N–H and O–H groups in total. The fourth-order valence-electron chi connectivity index (χ4n) is 1.77. The van der Waals surface area contributed by atoms with E-state index < -0.39 is 12.2 Å². The first-order chi connectivity index (χ1) is 9.40. The Bertz CT molecular complexity index is 437. The number of ether oxygens (including phenoxy) is 1. The van der Waals surface area contributed by atoms with Gasteiger partial charge in [-0.1, -0.05) is 26.0 Å². The lowest BCUT2D eigenvalue weighted by molar-refractivity contribution is -0.127. The van der Waals surface area contributed by atoms with Gasteiger partial charge in [0.05, 0.1) is 10.6 Å². The van der Waals surface area contributed by atoms with Crippen LogP contribution in [0, 0.1) is 5.92 Å². The minimum Gasteiger partial charge on any atom is -0.480 e. The van der Waals surface area contributed by atoms with Crippen molar-refractivity contribution in [2.24, 2.45) is 5.92 Å². The lowest BCUT2D eigenvalue weighted by Gasteiger charge is -2.18. The lowest BCUT2D eigenvalue weighted by atomic mass is 10.1. The Morgan fingerprint density at radius 2 is 2.00 bits per heavy atom. The molecule has 4 nitrogen and oxygen atoms in total. The van der Waals surface area contributed by atoms with E-state index >= 15 is 0 Å². The van der Waals surface area contributed by atoms with Crippen molar-refractivity contribution in [3.05, 3.63) is 28.7 Å². The molecule has 2 atom stereocenters. The maximum Gasteiger partial charge on any atom is 0.260 e. The second-order valence-corrected chi connectivity index (χ2v) is 6.07. The van der Waals surface area contributed by atoms with Gasteiger partial charge in [0, 0.05) is 6.54 Å². The zero-order valence-corrected chi connectivity index (χ0v) is 13.7. The number of benzene rings is 1. The molecule has 0 saturated heterocycles. The molecule has 0 bridgehead atoms. The standard InChI is InChI=1S/C15H22BrNO3/c1-10(2)8-12(18)9-17-15(19)11(3)20-14-7-5-4-6-13(14)16/h4-7,10-12,18H,8-9H2,1-3H3,(H,17,19). The number of carbonyl (C=O) groups is 1. The summed E-state index contributed by atoms with van der Waals surface area (Å²) in [6, 6.07) is 7.37. The van der Waals surface area contributed by atoms with Crippen LogP contribution < -0.4 is 10.1 Å². The van der Waals surface area contributed by atoms with Gasteiger partial charge in [0.2, 0.25) is 0 Å². The van der Waals surface area contributed by atoms with Gasteiger partial charge in [-0.05, 0) is 47.3 Å². The van der Waals surface area contributed by atoms with Gasteiger partial charge in [-0.25, -0.2) is 0 Å². The van der Waals surface area contributed by atoms with Crippen LogP contribution in [0.15, 0.2) is 28.7 Å². The molecule has 1 aromatic carbocycles. The molecule has 0 fully saturated rings. The van der Waals surface area contributed by atoms with E-state index in [2.05, 4.69) is 21.2 Å². The molecule has 5 heteroatoms. The molecule has 0 aromatic heterocycles. The predicted octanol–water partition coefficient (Wildman–Crippen LogP) is 2.74.